The van der Waals surface area contributed by atoms with E-state index in [-0.39, 0.29) is 34.6 Å². The van der Waals surface area contributed by atoms with Crippen molar-refractivity contribution < 1.29 is 32.1 Å². The summed E-state index contributed by atoms with van der Waals surface area (Å²) in [4.78, 5) is 39.2. The predicted molar refractivity (Wildman–Crippen MR) is 167 cm³/mol. The van der Waals surface area contributed by atoms with Crippen LogP contribution < -0.4 is 14.4 Å². The van der Waals surface area contributed by atoms with Gasteiger partial charge in [0.05, 0.1) is 22.6 Å². The number of aryl methyl sites for hydroxylation is 1. The van der Waals surface area contributed by atoms with Crippen LogP contribution in [0.25, 0.3) is 0 Å². The molecule has 0 heterocycles. The minimum Gasteiger partial charge on any atom is -0.495 e. The Hall–Kier alpha value is -4.23. The van der Waals surface area contributed by atoms with Gasteiger partial charge in [-0.25, -0.2) is 12.8 Å². The number of carbonyl (C=O) groups excluding carboxylic acids is 2. The third-order valence-corrected chi connectivity index (χ3v) is 9.78. The normalized spacial score (nSPS) is 14.1. The van der Waals surface area contributed by atoms with Crippen molar-refractivity contribution >= 4 is 44.8 Å². The highest BCUT2D eigenvalue weighted by atomic mass is 35.5. The number of nitrogens with zero attached hydrogens (tertiary/aromatic N) is 3. The molecule has 0 bridgehead atoms. The molecule has 240 valence electrons. The van der Waals surface area contributed by atoms with Gasteiger partial charge in [-0.3, -0.25) is 24.0 Å². The lowest BCUT2D eigenvalue weighted by molar-refractivity contribution is -0.385. The maximum absolute atomic E-state index is 14.2. The molecule has 1 aliphatic rings. The lowest BCUT2D eigenvalue weighted by Crippen LogP contribution is -2.52. The van der Waals surface area contributed by atoms with Gasteiger partial charge in [0.15, 0.2) is 0 Å². The lowest BCUT2D eigenvalue weighted by atomic mass is 10.1. The van der Waals surface area contributed by atoms with E-state index in [9.17, 15) is 32.5 Å². The van der Waals surface area contributed by atoms with E-state index in [0.29, 0.717) is 5.56 Å². The Morgan fingerprint density at radius 1 is 1.11 bits per heavy atom. The molecule has 0 aromatic heterocycles. The number of methoxy groups -OCH3 is 1. The Kier molecular flexibility index (Phi) is 10.7. The smallest absolute Gasteiger partial charge is 0.273 e. The molecule has 4 rings (SSSR count). The van der Waals surface area contributed by atoms with Crippen LogP contribution in [0, 0.1) is 22.9 Å². The molecule has 3 aromatic carbocycles. The lowest BCUT2D eigenvalue weighted by Gasteiger charge is -2.33. The second-order valence-corrected chi connectivity index (χ2v) is 13.1. The van der Waals surface area contributed by atoms with Crippen LogP contribution in [-0.4, -0.2) is 55.8 Å². The highest BCUT2D eigenvalue weighted by Gasteiger charge is 2.35. The molecule has 3 aromatic rings. The number of rotatable bonds is 12. The topological polar surface area (TPSA) is 139 Å². The molecule has 2 amide bonds. The summed E-state index contributed by atoms with van der Waals surface area (Å²) in [5, 5.41) is 14.8. The van der Waals surface area contributed by atoms with Gasteiger partial charge in [-0.1, -0.05) is 42.6 Å². The van der Waals surface area contributed by atoms with E-state index < -0.39 is 55.7 Å². The first-order chi connectivity index (χ1) is 21.3. The van der Waals surface area contributed by atoms with Gasteiger partial charge < -0.3 is 15.0 Å². The van der Waals surface area contributed by atoms with Crippen molar-refractivity contribution in [1.29, 1.82) is 0 Å². The monoisotopic (exact) mass is 660 g/mol. The highest BCUT2D eigenvalue weighted by molar-refractivity contribution is 7.92. The Labute approximate surface area is 266 Å². The number of nitro groups is 1. The minimum atomic E-state index is -4.66. The van der Waals surface area contributed by atoms with Gasteiger partial charge in [0.2, 0.25) is 11.8 Å². The number of sulfonamides is 1. The second-order valence-electron chi connectivity index (χ2n) is 10.8. The molecule has 1 atom stereocenters. The summed E-state index contributed by atoms with van der Waals surface area (Å²) in [5.74, 6) is -1.60. The summed E-state index contributed by atoms with van der Waals surface area (Å²) >= 11 is 6.25. The van der Waals surface area contributed by atoms with Gasteiger partial charge in [0.25, 0.3) is 15.7 Å². The summed E-state index contributed by atoms with van der Waals surface area (Å²) in [5.41, 5.74) is 0.241. The van der Waals surface area contributed by atoms with Crippen molar-refractivity contribution in [1.82, 2.24) is 10.2 Å². The van der Waals surface area contributed by atoms with Gasteiger partial charge in [0, 0.05) is 29.2 Å². The van der Waals surface area contributed by atoms with Crippen LogP contribution in [-0.2, 0) is 26.2 Å². The maximum Gasteiger partial charge on any atom is 0.273 e. The molecular weight excluding hydrogens is 627 g/mol. The molecule has 0 aliphatic heterocycles. The number of hydrogen-bond acceptors (Lipinski definition) is 7. The molecule has 1 saturated carbocycles. The van der Waals surface area contributed by atoms with E-state index in [2.05, 4.69) is 5.32 Å². The zero-order valence-corrected chi connectivity index (χ0v) is 26.6. The largest absolute Gasteiger partial charge is 0.495 e. The fraction of sp³-hybridized carbons (Fsp3) is 0.355. The number of nitro benzene ring substituents is 1. The Morgan fingerprint density at radius 2 is 1.78 bits per heavy atom. The summed E-state index contributed by atoms with van der Waals surface area (Å²) in [7, 11) is -3.34. The third kappa shape index (κ3) is 7.90. The van der Waals surface area contributed by atoms with Crippen molar-refractivity contribution in [3.8, 4) is 5.75 Å². The first kappa shape index (κ1) is 33.7. The number of benzene rings is 3. The number of carbonyl (C=O) groups is 2. The van der Waals surface area contributed by atoms with E-state index in [0.717, 1.165) is 36.1 Å². The fourth-order valence-electron chi connectivity index (χ4n) is 5.21. The average molecular weight is 661 g/mol. The van der Waals surface area contributed by atoms with Gasteiger partial charge >= 0.3 is 0 Å². The van der Waals surface area contributed by atoms with Gasteiger partial charge in [0.1, 0.15) is 24.2 Å². The SMILES string of the molecule is COc1ccc(Cl)cc1N(CC(=O)N(Cc1ccc(F)cc1)[C@@H](C)C(=O)NC1CCCC1)S(=O)(=O)c1ccc(C)c([N+](=O)[O-])c1. The molecule has 14 heteroatoms. The summed E-state index contributed by atoms with van der Waals surface area (Å²) in [6.45, 7) is 2.06. The Balaban J connectivity index is 1.78. The first-order valence-electron chi connectivity index (χ1n) is 14.3. The minimum absolute atomic E-state index is 0.0346. The van der Waals surface area contributed by atoms with E-state index in [1.807, 2.05) is 0 Å². The van der Waals surface area contributed by atoms with Crippen molar-refractivity contribution in [2.24, 2.45) is 0 Å². The molecule has 0 saturated heterocycles. The molecule has 1 aliphatic carbocycles. The predicted octanol–water partition coefficient (Wildman–Crippen LogP) is 5.38. The average Bonchev–Trinajstić information content (AvgIpc) is 3.52. The number of amides is 2. The quantitative estimate of drug-likeness (QED) is 0.203. The molecular formula is C31H34ClFN4O7S. The van der Waals surface area contributed by atoms with Crippen LogP contribution in [0.15, 0.2) is 65.6 Å². The fourth-order valence-corrected chi connectivity index (χ4v) is 6.81. The molecule has 1 N–H and O–H groups in total. The third-order valence-electron chi connectivity index (χ3n) is 7.79. The molecule has 0 unspecified atom stereocenters. The number of nitrogens with one attached hydrogen (secondary N) is 1. The van der Waals surface area contributed by atoms with Crippen LogP contribution in [0.5, 0.6) is 5.75 Å². The summed E-state index contributed by atoms with van der Waals surface area (Å²) in [6.07, 6.45) is 3.58. The number of ether oxygens (including phenoxy) is 1. The second kappa shape index (κ2) is 14.2. The molecule has 1 fully saturated rings. The standard InChI is InChI=1S/C31H34ClFN4O7S/c1-20-8-14-26(17-27(20)37(40)41)45(42,43)36(28-16-23(32)11-15-29(28)44-3)19-30(38)35(18-22-9-12-24(33)13-10-22)21(2)31(39)34-25-6-4-5-7-25/h8-17,21,25H,4-7,18-19H2,1-3H3,(H,34,39)/t21-/m0/s1. The van der Waals surface area contributed by atoms with E-state index >= 15 is 0 Å². The van der Waals surface area contributed by atoms with Crippen molar-refractivity contribution in [3.63, 3.8) is 0 Å². The molecule has 0 radical (unpaired) electrons. The zero-order chi connectivity index (χ0) is 32.9. The maximum atomic E-state index is 14.2. The molecule has 45 heavy (non-hydrogen) atoms. The molecule has 0 spiro atoms. The highest BCUT2D eigenvalue weighted by Crippen LogP contribution is 2.36. The van der Waals surface area contributed by atoms with Crippen molar-refractivity contribution in [3.05, 3.63) is 92.7 Å². The first-order valence-corrected chi connectivity index (χ1v) is 16.1. The van der Waals surface area contributed by atoms with Crippen LogP contribution >= 0.6 is 11.6 Å². The Morgan fingerprint density at radius 3 is 2.40 bits per heavy atom. The number of anilines is 1. The Bertz CT molecular complexity index is 1680. The van der Waals surface area contributed by atoms with E-state index in [4.69, 9.17) is 16.3 Å². The van der Waals surface area contributed by atoms with Gasteiger partial charge in [-0.15, -0.1) is 0 Å². The van der Waals surface area contributed by atoms with Crippen molar-refractivity contribution in [2.75, 3.05) is 18.0 Å². The van der Waals surface area contributed by atoms with Gasteiger partial charge in [-0.05, 0) is 68.7 Å². The number of hydrogen-bond donors (Lipinski definition) is 1. The van der Waals surface area contributed by atoms with Crippen LogP contribution in [0.3, 0.4) is 0 Å². The van der Waals surface area contributed by atoms with Crippen LogP contribution in [0.4, 0.5) is 15.8 Å². The van der Waals surface area contributed by atoms with E-state index in [1.165, 1.54) is 80.5 Å². The summed E-state index contributed by atoms with van der Waals surface area (Å²) < 4.78 is 48.2. The van der Waals surface area contributed by atoms with Crippen LogP contribution in [0.2, 0.25) is 5.02 Å². The van der Waals surface area contributed by atoms with Crippen LogP contribution in [0.1, 0.15) is 43.7 Å². The van der Waals surface area contributed by atoms with Crippen molar-refractivity contribution in [2.45, 2.75) is 63.1 Å². The number of halogens is 2. The van der Waals surface area contributed by atoms with Gasteiger partial charge in [-0.2, -0.15) is 0 Å². The zero-order valence-electron chi connectivity index (χ0n) is 25.0. The molecule has 11 nitrogen and oxygen atoms in total. The van der Waals surface area contributed by atoms with E-state index in [1.54, 1.807) is 0 Å². The summed E-state index contributed by atoms with van der Waals surface area (Å²) in [6, 6.07) is 12.0.